The first-order chi connectivity index (χ1) is 8.47. The van der Waals surface area contributed by atoms with Crippen molar-refractivity contribution in [1.82, 2.24) is 5.16 Å². The van der Waals surface area contributed by atoms with Gasteiger partial charge in [0.25, 0.3) is 5.91 Å². The average molecular weight is 313 g/mol. The van der Waals surface area contributed by atoms with Crippen molar-refractivity contribution in [3.63, 3.8) is 0 Å². The number of nitrogens with one attached hydrogen (secondary N) is 1. The number of aromatic nitrogens is 1. The molecule has 1 heterocycles. The zero-order chi connectivity index (χ0) is 13.3. The van der Waals surface area contributed by atoms with Crippen LogP contribution in [0.25, 0.3) is 0 Å². The molecule has 0 saturated heterocycles. The Bertz CT molecular complexity index is 610. The van der Waals surface area contributed by atoms with Gasteiger partial charge in [0.05, 0.1) is 10.2 Å². The third-order valence-corrected chi connectivity index (χ3v) is 2.97. The molecule has 0 radical (unpaired) electrons. The van der Waals surface area contributed by atoms with Crippen molar-refractivity contribution in [2.24, 2.45) is 0 Å². The number of benzene rings is 1. The molecule has 1 N–H and O–H groups in total. The fourth-order valence-corrected chi connectivity index (χ4v) is 1.89. The molecular formula is C12H10BrFN2O2. The smallest absolute Gasteiger partial charge is 0.294 e. The summed E-state index contributed by atoms with van der Waals surface area (Å²) in [7, 11) is 0. The third-order valence-electron chi connectivity index (χ3n) is 2.37. The number of halogens is 2. The van der Waals surface area contributed by atoms with Gasteiger partial charge in [-0.15, -0.1) is 0 Å². The van der Waals surface area contributed by atoms with Crippen molar-refractivity contribution < 1.29 is 13.7 Å². The summed E-state index contributed by atoms with van der Waals surface area (Å²) in [5, 5.41) is 6.19. The molecule has 0 aliphatic carbocycles. The second-order valence-corrected chi connectivity index (χ2v) is 4.72. The minimum absolute atomic E-state index is 0.0928. The molecule has 1 aromatic heterocycles. The van der Waals surface area contributed by atoms with Crippen LogP contribution < -0.4 is 5.32 Å². The summed E-state index contributed by atoms with van der Waals surface area (Å²) >= 11 is 3.08. The Balaban J connectivity index is 2.24. The number of carbonyl (C=O) groups excluding carboxylic acids is 1. The van der Waals surface area contributed by atoms with E-state index < -0.39 is 11.7 Å². The molecule has 0 bridgehead atoms. The van der Waals surface area contributed by atoms with Crippen molar-refractivity contribution in [1.29, 1.82) is 0 Å². The van der Waals surface area contributed by atoms with Crippen LogP contribution >= 0.6 is 15.9 Å². The van der Waals surface area contributed by atoms with Crippen molar-refractivity contribution in [3.8, 4) is 0 Å². The fourth-order valence-electron chi connectivity index (χ4n) is 1.44. The summed E-state index contributed by atoms with van der Waals surface area (Å²) in [6.07, 6.45) is 0. The number of hydrogen-bond donors (Lipinski definition) is 1. The molecule has 0 aliphatic rings. The highest BCUT2D eigenvalue weighted by Gasteiger charge is 2.14. The predicted octanol–water partition coefficient (Wildman–Crippen LogP) is 3.45. The van der Waals surface area contributed by atoms with E-state index in [1.165, 1.54) is 12.1 Å². The van der Waals surface area contributed by atoms with E-state index in [9.17, 15) is 9.18 Å². The van der Waals surface area contributed by atoms with Crippen molar-refractivity contribution >= 4 is 27.5 Å². The van der Waals surface area contributed by atoms with E-state index in [0.717, 1.165) is 5.56 Å². The Hall–Kier alpha value is -1.69. The van der Waals surface area contributed by atoms with E-state index in [-0.39, 0.29) is 5.76 Å². The average Bonchev–Trinajstić information content (AvgIpc) is 2.73. The Morgan fingerprint density at radius 1 is 1.39 bits per heavy atom. The van der Waals surface area contributed by atoms with Crippen LogP contribution in [-0.2, 0) is 0 Å². The summed E-state index contributed by atoms with van der Waals surface area (Å²) in [5.74, 6) is -0.805. The van der Waals surface area contributed by atoms with Crippen molar-refractivity contribution in [2.75, 3.05) is 5.32 Å². The number of carbonyl (C=O) groups is 1. The minimum atomic E-state index is -0.458. The Morgan fingerprint density at radius 2 is 2.11 bits per heavy atom. The molecular weight excluding hydrogens is 303 g/mol. The summed E-state index contributed by atoms with van der Waals surface area (Å²) in [4.78, 5) is 11.8. The van der Waals surface area contributed by atoms with Crippen LogP contribution in [0.15, 0.2) is 27.2 Å². The number of rotatable bonds is 2. The first kappa shape index (κ1) is 12.8. The van der Waals surface area contributed by atoms with Crippen LogP contribution in [-0.4, -0.2) is 11.1 Å². The lowest BCUT2D eigenvalue weighted by Crippen LogP contribution is -2.12. The van der Waals surface area contributed by atoms with Crippen LogP contribution in [0.3, 0.4) is 0 Å². The molecule has 94 valence electrons. The normalized spacial score (nSPS) is 10.4. The second kappa shape index (κ2) is 4.89. The van der Waals surface area contributed by atoms with E-state index in [2.05, 4.69) is 26.4 Å². The van der Waals surface area contributed by atoms with Gasteiger partial charge in [0.1, 0.15) is 5.82 Å². The van der Waals surface area contributed by atoms with Crippen LogP contribution in [0.1, 0.15) is 21.8 Å². The van der Waals surface area contributed by atoms with Gasteiger partial charge >= 0.3 is 0 Å². The summed E-state index contributed by atoms with van der Waals surface area (Å²) in [5.41, 5.74) is 1.75. The molecule has 0 saturated carbocycles. The van der Waals surface area contributed by atoms with Gasteiger partial charge in [-0.25, -0.2) is 4.39 Å². The van der Waals surface area contributed by atoms with E-state index in [1.807, 2.05) is 0 Å². The van der Waals surface area contributed by atoms with Gasteiger partial charge in [-0.2, -0.15) is 0 Å². The zero-order valence-electron chi connectivity index (χ0n) is 9.75. The maximum absolute atomic E-state index is 13.4. The number of nitrogens with zero attached hydrogens (tertiary/aromatic N) is 1. The zero-order valence-corrected chi connectivity index (χ0v) is 11.3. The highest BCUT2D eigenvalue weighted by atomic mass is 79.9. The van der Waals surface area contributed by atoms with Gasteiger partial charge in [-0.3, -0.25) is 4.79 Å². The molecule has 0 fully saturated rings. The highest BCUT2D eigenvalue weighted by Crippen LogP contribution is 2.24. The first-order valence-corrected chi connectivity index (χ1v) is 5.97. The molecule has 0 unspecified atom stereocenters. The van der Waals surface area contributed by atoms with Crippen LogP contribution in [0.4, 0.5) is 10.1 Å². The SMILES string of the molecule is Cc1cc(C(=O)Nc2cc(F)c(Br)cc2C)on1. The number of amides is 1. The van der Waals surface area contributed by atoms with E-state index in [4.69, 9.17) is 4.52 Å². The monoisotopic (exact) mass is 312 g/mol. The third kappa shape index (κ3) is 2.59. The first-order valence-electron chi connectivity index (χ1n) is 5.17. The molecule has 4 nitrogen and oxygen atoms in total. The highest BCUT2D eigenvalue weighted by molar-refractivity contribution is 9.10. The van der Waals surface area contributed by atoms with Gasteiger partial charge in [-0.1, -0.05) is 5.16 Å². The van der Waals surface area contributed by atoms with Gasteiger partial charge in [-0.05, 0) is 47.5 Å². The van der Waals surface area contributed by atoms with E-state index >= 15 is 0 Å². The lowest BCUT2D eigenvalue weighted by Gasteiger charge is -2.07. The lowest BCUT2D eigenvalue weighted by molar-refractivity contribution is 0.0988. The van der Waals surface area contributed by atoms with Gasteiger partial charge < -0.3 is 9.84 Å². The Labute approximate surface area is 111 Å². The number of hydrogen-bond acceptors (Lipinski definition) is 3. The Kier molecular flexibility index (Phi) is 3.47. The van der Waals surface area contributed by atoms with Crippen LogP contribution in [0.5, 0.6) is 0 Å². The van der Waals surface area contributed by atoms with Gasteiger partial charge in [0, 0.05) is 11.8 Å². The van der Waals surface area contributed by atoms with E-state index in [0.29, 0.717) is 15.9 Å². The summed E-state index contributed by atoms with van der Waals surface area (Å²) in [6.45, 7) is 3.48. The number of aryl methyl sites for hydroxylation is 2. The molecule has 2 rings (SSSR count). The van der Waals surface area contributed by atoms with Crippen LogP contribution in [0.2, 0.25) is 0 Å². The predicted molar refractivity (Wildman–Crippen MR) is 68.0 cm³/mol. The van der Waals surface area contributed by atoms with Gasteiger partial charge in [0.15, 0.2) is 0 Å². The maximum Gasteiger partial charge on any atom is 0.294 e. The Morgan fingerprint density at radius 3 is 2.72 bits per heavy atom. The van der Waals surface area contributed by atoms with Crippen LogP contribution in [0, 0.1) is 19.7 Å². The van der Waals surface area contributed by atoms with Gasteiger partial charge in [0.2, 0.25) is 5.76 Å². The second-order valence-electron chi connectivity index (χ2n) is 3.87. The quantitative estimate of drug-likeness (QED) is 0.924. The lowest BCUT2D eigenvalue weighted by atomic mass is 10.2. The molecule has 2 aromatic rings. The minimum Gasteiger partial charge on any atom is -0.351 e. The molecule has 0 atom stereocenters. The summed E-state index contributed by atoms with van der Waals surface area (Å²) < 4.78 is 18.6. The molecule has 18 heavy (non-hydrogen) atoms. The van der Waals surface area contributed by atoms with Crippen molar-refractivity contribution in [3.05, 3.63) is 45.5 Å². The number of anilines is 1. The largest absolute Gasteiger partial charge is 0.351 e. The molecule has 6 heteroatoms. The van der Waals surface area contributed by atoms with Crippen molar-refractivity contribution in [2.45, 2.75) is 13.8 Å². The molecule has 0 spiro atoms. The topological polar surface area (TPSA) is 55.1 Å². The standard InChI is InChI=1S/C12H10BrFN2O2/c1-6-3-8(13)9(14)5-10(6)15-12(17)11-4-7(2)16-18-11/h3-5H,1-2H3,(H,15,17). The molecule has 0 aliphatic heterocycles. The maximum atomic E-state index is 13.4. The fraction of sp³-hybridized carbons (Fsp3) is 0.167. The summed E-state index contributed by atoms with van der Waals surface area (Å²) in [6, 6.07) is 4.36. The van der Waals surface area contributed by atoms with E-state index in [1.54, 1.807) is 19.9 Å². The molecule has 1 amide bonds. The molecule has 1 aromatic carbocycles.